The van der Waals surface area contributed by atoms with E-state index in [9.17, 15) is 4.79 Å². The summed E-state index contributed by atoms with van der Waals surface area (Å²) >= 11 is 1.97. The Morgan fingerprint density at radius 3 is 2.68 bits per heavy atom. The van der Waals surface area contributed by atoms with Gasteiger partial charge in [0, 0.05) is 31.9 Å². The minimum Gasteiger partial charge on any atom is -0.378 e. The molecule has 1 amide bonds. The van der Waals surface area contributed by atoms with E-state index in [0.29, 0.717) is 12.3 Å². The number of nitrogens with one attached hydrogen (secondary N) is 1. The highest BCUT2D eigenvalue weighted by molar-refractivity contribution is 7.99. The highest BCUT2D eigenvalue weighted by Crippen LogP contribution is 2.25. The smallest absolute Gasteiger partial charge is 0.224 e. The Labute approximate surface area is 119 Å². The number of nitrogens with zero attached hydrogens (tertiary/aromatic N) is 1. The Hall–Kier alpha value is -1.16. The highest BCUT2D eigenvalue weighted by atomic mass is 32.2. The van der Waals surface area contributed by atoms with Crippen molar-refractivity contribution < 1.29 is 4.79 Å². The van der Waals surface area contributed by atoms with Gasteiger partial charge < -0.3 is 10.2 Å². The van der Waals surface area contributed by atoms with Crippen LogP contribution in [0.3, 0.4) is 0 Å². The van der Waals surface area contributed by atoms with Gasteiger partial charge in [-0.25, -0.2) is 0 Å². The van der Waals surface area contributed by atoms with E-state index >= 15 is 0 Å². The van der Waals surface area contributed by atoms with E-state index in [-0.39, 0.29) is 5.91 Å². The molecule has 1 heterocycles. The monoisotopic (exact) mass is 278 g/mol. The van der Waals surface area contributed by atoms with Crippen molar-refractivity contribution in [3.8, 4) is 0 Å². The van der Waals surface area contributed by atoms with Crippen molar-refractivity contribution in [2.75, 3.05) is 35.8 Å². The van der Waals surface area contributed by atoms with Crippen molar-refractivity contribution in [1.82, 2.24) is 0 Å². The molecule has 1 aliphatic rings. The molecule has 1 atom stereocenters. The van der Waals surface area contributed by atoms with Crippen LogP contribution in [0.1, 0.15) is 19.3 Å². The van der Waals surface area contributed by atoms with Crippen LogP contribution < -0.4 is 10.2 Å². The Morgan fingerprint density at radius 1 is 1.37 bits per heavy atom. The first-order valence-corrected chi connectivity index (χ1v) is 7.95. The second-order valence-corrected chi connectivity index (χ2v) is 6.43. The number of amides is 1. The molecule has 1 N–H and O–H groups in total. The van der Waals surface area contributed by atoms with Gasteiger partial charge in [0.1, 0.15) is 0 Å². The molecular formula is C15H22N2OS. The molecule has 19 heavy (non-hydrogen) atoms. The summed E-state index contributed by atoms with van der Waals surface area (Å²) in [5.74, 6) is 3.08. The van der Waals surface area contributed by atoms with Crippen molar-refractivity contribution in [3.63, 3.8) is 0 Å². The largest absolute Gasteiger partial charge is 0.378 e. The molecule has 1 fully saturated rings. The van der Waals surface area contributed by atoms with Gasteiger partial charge in [-0.2, -0.15) is 11.8 Å². The summed E-state index contributed by atoms with van der Waals surface area (Å²) < 4.78 is 0. The first-order valence-electron chi connectivity index (χ1n) is 6.80. The number of anilines is 2. The van der Waals surface area contributed by atoms with Gasteiger partial charge in [-0.3, -0.25) is 4.79 Å². The molecule has 0 aliphatic carbocycles. The van der Waals surface area contributed by atoms with Crippen molar-refractivity contribution in [3.05, 3.63) is 24.3 Å². The fourth-order valence-electron chi connectivity index (χ4n) is 2.29. The van der Waals surface area contributed by atoms with Crippen molar-refractivity contribution >= 4 is 29.0 Å². The van der Waals surface area contributed by atoms with Gasteiger partial charge in [0.15, 0.2) is 0 Å². The van der Waals surface area contributed by atoms with E-state index in [1.165, 1.54) is 18.6 Å². The van der Waals surface area contributed by atoms with Crippen LogP contribution in [0.15, 0.2) is 24.3 Å². The summed E-state index contributed by atoms with van der Waals surface area (Å²) in [7, 11) is 4.02. The molecule has 0 radical (unpaired) electrons. The van der Waals surface area contributed by atoms with Crippen LogP contribution in [0.4, 0.5) is 11.4 Å². The van der Waals surface area contributed by atoms with Gasteiger partial charge >= 0.3 is 0 Å². The minimum absolute atomic E-state index is 0.144. The Kier molecular flexibility index (Phi) is 5.14. The first-order chi connectivity index (χ1) is 9.15. The fraction of sp³-hybridized carbons (Fsp3) is 0.533. The quantitative estimate of drug-likeness (QED) is 0.918. The SMILES string of the molecule is CN(C)c1ccc(NC(=O)CC2CCCSC2)cc1. The lowest BCUT2D eigenvalue weighted by Gasteiger charge is -2.20. The van der Waals surface area contributed by atoms with Crippen LogP contribution in [-0.2, 0) is 4.79 Å². The molecule has 1 saturated heterocycles. The summed E-state index contributed by atoms with van der Waals surface area (Å²) in [5.41, 5.74) is 2.03. The maximum atomic E-state index is 12.0. The number of hydrogen-bond donors (Lipinski definition) is 1. The summed E-state index contributed by atoms with van der Waals surface area (Å²) in [6.45, 7) is 0. The Bertz CT molecular complexity index is 411. The molecule has 0 aromatic heterocycles. The average Bonchev–Trinajstić information content (AvgIpc) is 2.40. The van der Waals surface area contributed by atoms with Crippen LogP contribution in [0.5, 0.6) is 0 Å². The lowest BCUT2D eigenvalue weighted by molar-refractivity contribution is -0.117. The maximum Gasteiger partial charge on any atom is 0.224 e. The molecule has 1 unspecified atom stereocenters. The van der Waals surface area contributed by atoms with Gasteiger partial charge in [0.25, 0.3) is 0 Å². The van der Waals surface area contributed by atoms with E-state index in [2.05, 4.69) is 5.32 Å². The van der Waals surface area contributed by atoms with Crippen molar-refractivity contribution in [2.45, 2.75) is 19.3 Å². The maximum absolute atomic E-state index is 12.0. The highest BCUT2D eigenvalue weighted by Gasteiger charge is 2.17. The van der Waals surface area contributed by atoms with Crippen LogP contribution in [0, 0.1) is 5.92 Å². The van der Waals surface area contributed by atoms with E-state index in [1.807, 2.05) is 55.0 Å². The minimum atomic E-state index is 0.144. The molecule has 2 rings (SSSR count). The third-order valence-corrected chi connectivity index (χ3v) is 4.68. The topological polar surface area (TPSA) is 32.3 Å². The molecule has 3 nitrogen and oxygen atoms in total. The van der Waals surface area contributed by atoms with Gasteiger partial charge in [-0.05, 0) is 54.5 Å². The van der Waals surface area contributed by atoms with Gasteiger partial charge in [0.05, 0.1) is 0 Å². The molecule has 0 bridgehead atoms. The number of hydrogen-bond acceptors (Lipinski definition) is 3. The lowest BCUT2D eigenvalue weighted by atomic mass is 10.0. The standard InChI is InChI=1S/C15H22N2OS/c1-17(2)14-7-5-13(6-8-14)16-15(18)10-12-4-3-9-19-11-12/h5-8,12H,3-4,9-11H2,1-2H3,(H,16,18). The zero-order valence-corrected chi connectivity index (χ0v) is 12.5. The molecule has 1 aromatic rings. The van der Waals surface area contributed by atoms with Crippen molar-refractivity contribution in [2.24, 2.45) is 5.92 Å². The van der Waals surface area contributed by atoms with E-state index < -0.39 is 0 Å². The molecule has 104 valence electrons. The Balaban J connectivity index is 1.84. The molecular weight excluding hydrogens is 256 g/mol. The summed E-state index contributed by atoms with van der Waals surface area (Å²) in [4.78, 5) is 14.0. The average molecular weight is 278 g/mol. The van der Waals surface area contributed by atoms with E-state index in [0.717, 1.165) is 17.1 Å². The van der Waals surface area contributed by atoms with Crippen LogP contribution in [-0.4, -0.2) is 31.5 Å². The normalized spacial score (nSPS) is 18.9. The third-order valence-electron chi connectivity index (χ3n) is 3.40. The van der Waals surface area contributed by atoms with E-state index in [4.69, 9.17) is 0 Å². The number of carbonyl (C=O) groups excluding carboxylic acids is 1. The summed E-state index contributed by atoms with van der Waals surface area (Å²) in [6, 6.07) is 7.96. The second kappa shape index (κ2) is 6.85. The van der Waals surface area contributed by atoms with Crippen molar-refractivity contribution in [1.29, 1.82) is 0 Å². The summed E-state index contributed by atoms with van der Waals surface area (Å²) in [6.07, 6.45) is 3.10. The van der Waals surface area contributed by atoms with E-state index in [1.54, 1.807) is 0 Å². The number of benzene rings is 1. The molecule has 4 heteroatoms. The predicted octanol–water partition coefficient (Wildman–Crippen LogP) is 3.22. The van der Waals surface area contributed by atoms with Crippen LogP contribution >= 0.6 is 11.8 Å². The molecule has 1 aromatic carbocycles. The third kappa shape index (κ3) is 4.46. The zero-order valence-electron chi connectivity index (χ0n) is 11.7. The number of thioether (sulfide) groups is 1. The lowest BCUT2D eigenvalue weighted by Crippen LogP contribution is -2.20. The molecule has 0 saturated carbocycles. The predicted molar refractivity (Wildman–Crippen MR) is 84.1 cm³/mol. The molecule has 1 aliphatic heterocycles. The van der Waals surface area contributed by atoms with Gasteiger partial charge in [-0.1, -0.05) is 0 Å². The van der Waals surface area contributed by atoms with Gasteiger partial charge in [0.2, 0.25) is 5.91 Å². The molecule has 0 spiro atoms. The number of rotatable bonds is 4. The van der Waals surface area contributed by atoms with Crippen LogP contribution in [0.2, 0.25) is 0 Å². The second-order valence-electron chi connectivity index (χ2n) is 5.28. The van der Waals surface area contributed by atoms with Crippen LogP contribution in [0.25, 0.3) is 0 Å². The zero-order chi connectivity index (χ0) is 13.7. The van der Waals surface area contributed by atoms with Gasteiger partial charge in [-0.15, -0.1) is 0 Å². The first kappa shape index (κ1) is 14.3. The number of carbonyl (C=O) groups is 1. The fourth-order valence-corrected chi connectivity index (χ4v) is 3.44. The summed E-state index contributed by atoms with van der Waals surface area (Å²) in [5, 5.41) is 2.99. The Morgan fingerprint density at radius 2 is 2.11 bits per heavy atom.